The Bertz CT molecular complexity index is 573. The van der Waals surface area contributed by atoms with E-state index in [1.807, 2.05) is 6.08 Å². The van der Waals surface area contributed by atoms with Gasteiger partial charge >= 0.3 is 6.18 Å². The molecule has 8 heteroatoms. The zero-order valence-corrected chi connectivity index (χ0v) is 12.4. The second-order valence-electron chi connectivity index (χ2n) is 4.96. The van der Waals surface area contributed by atoms with Crippen molar-refractivity contribution >= 4 is 5.91 Å². The largest absolute Gasteiger partial charge is 0.468 e. The fourth-order valence-corrected chi connectivity index (χ4v) is 2.00. The van der Waals surface area contributed by atoms with Gasteiger partial charge in [-0.05, 0) is 18.9 Å². The molecule has 1 aromatic rings. The third-order valence-electron chi connectivity index (χ3n) is 3.13. The van der Waals surface area contributed by atoms with Crippen molar-refractivity contribution in [1.29, 1.82) is 0 Å². The third-order valence-corrected chi connectivity index (χ3v) is 3.13. The third kappa shape index (κ3) is 6.27. The van der Waals surface area contributed by atoms with E-state index in [0.717, 1.165) is 6.42 Å². The van der Waals surface area contributed by atoms with Gasteiger partial charge in [-0.3, -0.25) is 4.79 Å². The van der Waals surface area contributed by atoms with Crippen molar-refractivity contribution in [2.24, 2.45) is 0 Å². The molecule has 1 N–H and O–H groups in total. The number of pyridine rings is 1. The van der Waals surface area contributed by atoms with Crippen LogP contribution in [-0.4, -0.2) is 43.4 Å². The molecular formula is C15H17F3N2O3. The highest BCUT2D eigenvalue weighted by atomic mass is 19.4. The maximum atomic E-state index is 12.1. The molecule has 0 saturated carbocycles. The number of ether oxygens (including phenoxy) is 2. The van der Waals surface area contributed by atoms with E-state index in [1.165, 1.54) is 23.8 Å². The first-order valence-electron chi connectivity index (χ1n) is 7.14. The van der Waals surface area contributed by atoms with Crippen molar-refractivity contribution in [3.63, 3.8) is 0 Å². The lowest BCUT2D eigenvalue weighted by Crippen LogP contribution is -2.26. The second-order valence-corrected chi connectivity index (χ2v) is 4.96. The fraction of sp³-hybridized carbons (Fsp3) is 0.467. The molecule has 1 amide bonds. The molecule has 126 valence electrons. The van der Waals surface area contributed by atoms with Gasteiger partial charge in [-0.2, -0.15) is 13.2 Å². The Labute approximate surface area is 131 Å². The molecule has 0 atom stereocenters. The smallest absolute Gasteiger partial charge is 0.422 e. The van der Waals surface area contributed by atoms with E-state index in [-0.39, 0.29) is 11.6 Å². The van der Waals surface area contributed by atoms with Crippen molar-refractivity contribution in [2.75, 3.05) is 26.4 Å². The highest BCUT2D eigenvalue weighted by Gasteiger charge is 2.28. The van der Waals surface area contributed by atoms with Crippen LogP contribution >= 0.6 is 0 Å². The Morgan fingerprint density at radius 2 is 2.22 bits per heavy atom. The molecule has 0 saturated heterocycles. The number of hydrogen-bond acceptors (Lipinski definition) is 4. The highest BCUT2D eigenvalue weighted by Crippen LogP contribution is 2.17. The van der Waals surface area contributed by atoms with Crippen molar-refractivity contribution in [3.8, 4) is 5.88 Å². The van der Waals surface area contributed by atoms with E-state index >= 15 is 0 Å². The lowest BCUT2D eigenvalue weighted by atomic mass is 10.1. The number of halogens is 3. The van der Waals surface area contributed by atoms with Gasteiger partial charge in [0.25, 0.3) is 5.91 Å². The number of hydrogen-bond donors (Lipinski definition) is 1. The van der Waals surface area contributed by atoms with Gasteiger partial charge in [0.1, 0.15) is 5.69 Å². The summed E-state index contributed by atoms with van der Waals surface area (Å²) >= 11 is 0. The summed E-state index contributed by atoms with van der Waals surface area (Å²) in [5, 5.41) is 2.68. The first kappa shape index (κ1) is 17.3. The van der Waals surface area contributed by atoms with Crippen LogP contribution in [-0.2, 0) is 4.74 Å². The zero-order chi connectivity index (χ0) is 16.7. The Balaban J connectivity index is 1.83. The molecular weight excluding hydrogens is 313 g/mol. The van der Waals surface area contributed by atoms with Gasteiger partial charge in [0, 0.05) is 12.6 Å². The van der Waals surface area contributed by atoms with Gasteiger partial charge in [-0.15, -0.1) is 0 Å². The van der Waals surface area contributed by atoms with Crippen LogP contribution < -0.4 is 10.1 Å². The summed E-state index contributed by atoms with van der Waals surface area (Å²) in [5.74, 6) is -0.683. The van der Waals surface area contributed by atoms with Crippen molar-refractivity contribution < 1.29 is 27.4 Å². The summed E-state index contributed by atoms with van der Waals surface area (Å²) in [5.41, 5.74) is 1.23. The number of nitrogens with one attached hydrogen (secondary N) is 1. The van der Waals surface area contributed by atoms with Crippen LogP contribution in [0.1, 0.15) is 23.3 Å². The number of alkyl halides is 3. The maximum Gasteiger partial charge on any atom is 0.422 e. The molecule has 5 nitrogen and oxygen atoms in total. The predicted octanol–water partition coefficient (Wildman–Crippen LogP) is 2.49. The molecule has 0 unspecified atom stereocenters. The highest BCUT2D eigenvalue weighted by molar-refractivity contribution is 5.92. The van der Waals surface area contributed by atoms with Gasteiger partial charge in [0.05, 0.1) is 13.2 Å². The van der Waals surface area contributed by atoms with Crippen LogP contribution in [0.25, 0.3) is 0 Å². The molecule has 1 aromatic heterocycles. The normalized spacial score (nSPS) is 15.0. The van der Waals surface area contributed by atoms with Gasteiger partial charge in [0.2, 0.25) is 5.88 Å². The second kappa shape index (κ2) is 7.96. The van der Waals surface area contributed by atoms with Crippen LogP contribution in [0.15, 0.2) is 29.8 Å². The van der Waals surface area contributed by atoms with E-state index in [0.29, 0.717) is 26.2 Å². The zero-order valence-electron chi connectivity index (χ0n) is 12.4. The quantitative estimate of drug-likeness (QED) is 0.814. The van der Waals surface area contributed by atoms with E-state index in [2.05, 4.69) is 15.0 Å². The molecule has 1 aliphatic rings. The van der Waals surface area contributed by atoms with E-state index in [9.17, 15) is 18.0 Å². The number of rotatable bonds is 6. The molecule has 1 aliphatic heterocycles. The van der Waals surface area contributed by atoms with E-state index in [4.69, 9.17) is 4.74 Å². The summed E-state index contributed by atoms with van der Waals surface area (Å²) in [6, 6.07) is 4.12. The topological polar surface area (TPSA) is 60.5 Å². The van der Waals surface area contributed by atoms with Gasteiger partial charge in [0.15, 0.2) is 6.61 Å². The summed E-state index contributed by atoms with van der Waals surface area (Å²) < 4.78 is 46.0. The average Bonchev–Trinajstić information content (AvgIpc) is 2.53. The summed E-state index contributed by atoms with van der Waals surface area (Å²) in [6.45, 7) is 0.255. The Morgan fingerprint density at radius 1 is 1.39 bits per heavy atom. The molecule has 2 rings (SSSR count). The standard InChI is InChI=1S/C15H17F3N2O3/c16-15(17,18)10-23-13-3-1-2-12(20-13)14(21)19-7-4-11-5-8-22-9-6-11/h1-3,5H,4,6-10H2,(H,19,21). The Kier molecular flexibility index (Phi) is 5.97. The number of carbonyl (C=O) groups excluding carboxylic acids is 1. The summed E-state index contributed by atoms with van der Waals surface area (Å²) in [4.78, 5) is 15.7. The molecule has 23 heavy (non-hydrogen) atoms. The molecule has 0 aromatic carbocycles. The minimum absolute atomic E-state index is 0.0191. The van der Waals surface area contributed by atoms with Gasteiger partial charge in [-0.1, -0.05) is 17.7 Å². The van der Waals surface area contributed by atoms with Crippen LogP contribution in [0.2, 0.25) is 0 Å². The number of aromatic nitrogens is 1. The minimum atomic E-state index is -4.45. The van der Waals surface area contributed by atoms with Crippen LogP contribution in [0.5, 0.6) is 5.88 Å². The molecule has 0 bridgehead atoms. The van der Waals surface area contributed by atoms with Crippen molar-refractivity contribution in [3.05, 3.63) is 35.5 Å². The van der Waals surface area contributed by atoms with E-state index < -0.39 is 18.7 Å². The average molecular weight is 330 g/mol. The molecule has 0 spiro atoms. The SMILES string of the molecule is O=C(NCCC1=CCOCC1)c1cccc(OCC(F)(F)F)n1. The van der Waals surface area contributed by atoms with Crippen LogP contribution in [0, 0.1) is 0 Å². The number of nitrogens with zero attached hydrogens (tertiary/aromatic N) is 1. The molecule has 2 heterocycles. The summed E-state index contributed by atoms with van der Waals surface area (Å²) in [6.07, 6.45) is -0.912. The maximum absolute atomic E-state index is 12.1. The Morgan fingerprint density at radius 3 is 2.91 bits per heavy atom. The van der Waals surface area contributed by atoms with Crippen molar-refractivity contribution in [1.82, 2.24) is 10.3 Å². The van der Waals surface area contributed by atoms with Crippen molar-refractivity contribution in [2.45, 2.75) is 19.0 Å². The lowest BCUT2D eigenvalue weighted by molar-refractivity contribution is -0.154. The monoisotopic (exact) mass is 330 g/mol. The molecule has 0 fully saturated rings. The summed E-state index contributed by atoms with van der Waals surface area (Å²) in [7, 11) is 0. The number of amides is 1. The van der Waals surface area contributed by atoms with E-state index in [1.54, 1.807) is 0 Å². The fourth-order valence-electron chi connectivity index (χ4n) is 2.00. The van der Waals surface area contributed by atoms with Gasteiger partial charge < -0.3 is 14.8 Å². The Hall–Kier alpha value is -2.09. The minimum Gasteiger partial charge on any atom is -0.468 e. The van der Waals surface area contributed by atoms with Gasteiger partial charge in [-0.25, -0.2) is 4.98 Å². The molecule has 0 aliphatic carbocycles. The van der Waals surface area contributed by atoms with Crippen LogP contribution in [0.3, 0.4) is 0 Å². The first-order chi connectivity index (χ1) is 10.9. The number of carbonyl (C=O) groups is 1. The lowest BCUT2D eigenvalue weighted by Gasteiger charge is -2.13. The molecule has 0 radical (unpaired) electrons. The van der Waals surface area contributed by atoms with Crippen LogP contribution in [0.4, 0.5) is 13.2 Å². The first-order valence-corrected chi connectivity index (χ1v) is 7.14. The predicted molar refractivity (Wildman–Crippen MR) is 76.3 cm³/mol.